The van der Waals surface area contributed by atoms with Crippen molar-refractivity contribution >= 4 is 22.6 Å². The van der Waals surface area contributed by atoms with Crippen LogP contribution in [0.25, 0.3) is 22.4 Å². The van der Waals surface area contributed by atoms with Gasteiger partial charge in [-0.25, -0.2) is 4.98 Å². The normalized spacial score (nSPS) is 12.4. The van der Waals surface area contributed by atoms with Crippen molar-refractivity contribution < 1.29 is 17.9 Å². The average molecular weight is 445 g/mol. The minimum Gasteiger partial charge on any atom is -0.455 e. The molecule has 1 N–H and O–H groups in total. The van der Waals surface area contributed by atoms with E-state index in [9.17, 15) is 13.2 Å². The Kier molecular flexibility index (Phi) is 5.21. The zero-order valence-corrected chi connectivity index (χ0v) is 17.9. The van der Waals surface area contributed by atoms with Crippen LogP contribution in [-0.4, -0.2) is 9.97 Å². The first-order chi connectivity index (χ1) is 14.5. The summed E-state index contributed by atoms with van der Waals surface area (Å²) in [6.45, 7) is 6.34. The Bertz CT molecular complexity index is 1260. The number of rotatable bonds is 3. The number of nitrogens with one attached hydrogen (secondary N) is 1. The van der Waals surface area contributed by atoms with Crippen LogP contribution in [0.5, 0.6) is 11.5 Å². The zero-order chi connectivity index (χ0) is 22.4. The molecular weight excluding hydrogens is 425 g/mol. The van der Waals surface area contributed by atoms with E-state index in [1.54, 1.807) is 18.2 Å². The van der Waals surface area contributed by atoms with E-state index in [1.165, 1.54) is 18.2 Å². The van der Waals surface area contributed by atoms with Crippen molar-refractivity contribution in [2.45, 2.75) is 32.4 Å². The lowest BCUT2D eigenvalue weighted by Crippen LogP contribution is -2.11. The number of para-hydroxylation sites is 2. The molecule has 0 aliphatic carbocycles. The second-order valence-corrected chi connectivity index (χ2v) is 8.69. The summed E-state index contributed by atoms with van der Waals surface area (Å²) >= 11 is 6.23. The highest BCUT2D eigenvalue weighted by Gasteiger charge is 2.34. The van der Waals surface area contributed by atoms with Crippen LogP contribution in [0.1, 0.15) is 31.9 Å². The van der Waals surface area contributed by atoms with Crippen molar-refractivity contribution in [2.24, 2.45) is 0 Å². The Hall–Kier alpha value is -2.99. The number of ether oxygens (including phenoxy) is 1. The van der Waals surface area contributed by atoms with Gasteiger partial charge in [0.25, 0.3) is 0 Å². The standard InChI is InChI=1S/C24H20ClF3N2O/c1-23(2,3)16-8-6-9-18-21(16)30-22(29-18)14-11-12-17(25)20(13-14)31-19-10-5-4-7-15(19)24(26,27)28/h4-13H,1-3H3,(H,29,30). The highest BCUT2D eigenvalue weighted by atomic mass is 35.5. The monoisotopic (exact) mass is 444 g/mol. The second-order valence-electron chi connectivity index (χ2n) is 8.28. The molecule has 1 heterocycles. The maximum Gasteiger partial charge on any atom is 0.419 e. The van der Waals surface area contributed by atoms with Crippen molar-refractivity contribution in [2.75, 3.05) is 0 Å². The summed E-state index contributed by atoms with van der Waals surface area (Å²) in [6.07, 6.45) is -4.54. The molecule has 4 aromatic rings. The number of aromatic amines is 1. The fourth-order valence-corrected chi connectivity index (χ4v) is 3.57. The van der Waals surface area contributed by atoms with E-state index in [0.29, 0.717) is 11.4 Å². The summed E-state index contributed by atoms with van der Waals surface area (Å²) in [4.78, 5) is 8.03. The van der Waals surface area contributed by atoms with Crippen molar-refractivity contribution in [1.82, 2.24) is 9.97 Å². The minimum absolute atomic E-state index is 0.0957. The highest BCUT2D eigenvalue weighted by Crippen LogP contribution is 2.40. The molecule has 3 nitrogen and oxygen atoms in total. The lowest BCUT2D eigenvalue weighted by atomic mass is 9.86. The number of halogens is 4. The number of aromatic nitrogens is 2. The van der Waals surface area contributed by atoms with E-state index in [2.05, 4.69) is 25.8 Å². The number of hydrogen-bond donors (Lipinski definition) is 1. The van der Waals surface area contributed by atoms with Crippen LogP contribution < -0.4 is 4.74 Å². The Labute approximate surface area is 182 Å². The topological polar surface area (TPSA) is 37.9 Å². The third-order valence-electron chi connectivity index (χ3n) is 4.94. The molecule has 31 heavy (non-hydrogen) atoms. The van der Waals surface area contributed by atoms with Gasteiger partial charge in [0.2, 0.25) is 0 Å². The number of alkyl halides is 3. The van der Waals surface area contributed by atoms with Gasteiger partial charge in [-0.15, -0.1) is 0 Å². The van der Waals surface area contributed by atoms with Gasteiger partial charge in [-0.05, 0) is 47.4 Å². The number of hydrogen-bond acceptors (Lipinski definition) is 2. The fraction of sp³-hybridized carbons (Fsp3) is 0.208. The van der Waals surface area contributed by atoms with Gasteiger partial charge in [-0.1, -0.05) is 56.6 Å². The van der Waals surface area contributed by atoms with Crippen molar-refractivity contribution in [1.29, 1.82) is 0 Å². The van der Waals surface area contributed by atoms with Gasteiger partial charge in [-0.3, -0.25) is 0 Å². The number of imidazole rings is 1. The van der Waals surface area contributed by atoms with Crippen LogP contribution in [0.2, 0.25) is 5.02 Å². The molecule has 0 fully saturated rings. The first kappa shape index (κ1) is 21.2. The molecule has 0 amide bonds. The van der Waals surface area contributed by atoms with Crippen LogP contribution in [0.3, 0.4) is 0 Å². The molecule has 7 heteroatoms. The summed E-state index contributed by atoms with van der Waals surface area (Å²) in [5, 5.41) is 0.201. The average Bonchev–Trinajstić information content (AvgIpc) is 3.12. The smallest absolute Gasteiger partial charge is 0.419 e. The lowest BCUT2D eigenvalue weighted by Gasteiger charge is -2.19. The summed E-state index contributed by atoms with van der Waals surface area (Å²) in [5.41, 5.74) is 2.51. The van der Waals surface area contributed by atoms with Gasteiger partial charge in [0.15, 0.2) is 0 Å². The molecule has 160 valence electrons. The number of nitrogens with zero attached hydrogens (tertiary/aromatic N) is 1. The predicted octanol–water partition coefficient (Wildman–Crippen LogP) is 7.99. The zero-order valence-electron chi connectivity index (χ0n) is 17.1. The van der Waals surface area contributed by atoms with Gasteiger partial charge >= 0.3 is 6.18 Å². The van der Waals surface area contributed by atoms with Crippen molar-refractivity contribution in [3.8, 4) is 22.9 Å². The lowest BCUT2D eigenvalue weighted by molar-refractivity contribution is -0.138. The van der Waals surface area contributed by atoms with Gasteiger partial charge < -0.3 is 9.72 Å². The molecule has 0 atom stereocenters. The largest absolute Gasteiger partial charge is 0.455 e. The molecule has 0 saturated carbocycles. The van der Waals surface area contributed by atoms with Gasteiger partial charge in [-0.2, -0.15) is 13.2 Å². The molecule has 0 radical (unpaired) electrons. The van der Waals surface area contributed by atoms with Crippen LogP contribution >= 0.6 is 11.6 Å². The van der Waals surface area contributed by atoms with Crippen LogP contribution in [0.4, 0.5) is 13.2 Å². The molecule has 3 aromatic carbocycles. The van der Waals surface area contributed by atoms with E-state index in [4.69, 9.17) is 21.3 Å². The summed E-state index contributed by atoms with van der Waals surface area (Å²) < 4.78 is 45.5. The Morgan fingerprint density at radius 1 is 0.871 bits per heavy atom. The first-order valence-corrected chi connectivity index (χ1v) is 10.0. The maximum absolute atomic E-state index is 13.3. The minimum atomic E-state index is -4.54. The van der Waals surface area contributed by atoms with Crippen LogP contribution in [-0.2, 0) is 11.6 Å². The molecule has 0 aliphatic heterocycles. The second kappa shape index (κ2) is 7.61. The fourth-order valence-electron chi connectivity index (χ4n) is 3.41. The molecular formula is C24H20ClF3N2O. The van der Waals surface area contributed by atoms with Crippen molar-refractivity contribution in [3.05, 3.63) is 76.8 Å². The molecule has 0 spiro atoms. The Balaban J connectivity index is 1.76. The SMILES string of the molecule is CC(C)(C)c1cccc2[nH]c(-c3ccc(Cl)c(Oc4ccccc4C(F)(F)F)c3)nc12. The van der Waals surface area contributed by atoms with E-state index in [-0.39, 0.29) is 21.9 Å². The van der Waals surface area contributed by atoms with Gasteiger partial charge in [0.1, 0.15) is 17.3 Å². The quantitative estimate of drug-likeness (QED) is 0.347. The summed E-state index contributed by atoms with van der Waals surface area (Å²) in [7, 11) is 0. The van der Waals surface area contributed by atoms with E-state index < -0.39 is 11.7 Å². The number of benzene rings is 3. The number of fused-ring (bicyclic) bond motifs is 1. The summed E-state index contributed by atoms with van der Waals surface area (Å²) in [5.74, 6) is 0.387. The third kappa shape index (κ3) is 4.26. The molecule has 1 aromatic heterocycles. The summed E-state index contributed by atoms with van der Waals surface area (Å²) in [6, 6.07) is 15.9. The van der Waals surface area contributed by atoms with E-state index in [0.717, 1.165) is 22.7 Å². The number of H-pyrrole nitrogens is 1. The van der Waals surface area contributed by atoms with E-state index in [1.807, 2.05) is 18.2 Å². The molecule has 0 saturated heterocycles. The Morgan fingerprint density at radius 3 is 2.29 bits per heavy atom. The maximum atomic E-state index is 13.3. The molecule has 0 unspecified atom stereocenters. The van der Waals surface area contributed by atoms with E-state index >= 15 is 0 Å². The molecule has 0 aliphatic rings. The van der Waals surface area contributed by atoms with Crippen molar-refractivity contribution in [3.63, 3.8) is 0 Å². The highest BCUT2D eigenvalue weighted by molar-refractivity contribution is 6.32. The van der Waals surface area contributed by atoms with Gasteiger partial charge in [0.05, 0.1) is 21.6 Å². The molecule has 0 bridgehead atoms. The molecule has 4 rings (SSSR count). The van der Waals surface area contributed by atoms with Crippen LogP contribution in [0.15, 0.2) is 60.7 Å². The Morgan fingerprint density at radius 2 is 1.58 bits per heavy atom. The third-order valence-corrected chi connectivity index (χ3v) is 5.25. The van der Waals surface area contributed by atoms with Gasteiger partial charge in [0, 0.05) is 5.56 Å². The predicted molar refractivity (Wildman–Crippen MR) is 117 cm³/mol. The van der Waals surface area contributed by atoms with Crippen LogP contribution in [0, 0.1) is 0 Å². The first-order valence-electron chi connectivity index (χ1n) is 9.67.